The molecular weight excluding hydrogens is 543 g/mol. The van der Waals surface area contributed by atoms with Crippen LogP contribution in [-0.4, -0.2) is 40.0 Å². The molecule has 0 fully saturated rings. The lowest BCUT2D eigenvalue weighted by molar-refractivity contribution is -0.124. The van der Waals surface area contributed by atoms with E-state index in [0.29, 0.717) is 34.4 Å². The van der Waals surface area contributed by atoms with Crippen LogP contribution >= 0.6 is 34.3 Å². The number of amides is 2. The largest absolute Gasteiger partial charge is 0.339 e. The standard InChI is InChI=1S/C28H28ClFN4O2S2/c1-5-34(6-2)25(35)20-11-10-17(15-21(20)29)22-12-13-23(38-22)24(18-8-7-9-19(30)14-18)28(3,4)26(36)32-27-33-31-16-37-27/h7-16,24H,5-6H2,1-4H3,(H,32,33,36)/t24-/m0/s1. The van der Waals surface area contributed by atoms with E-state index in [9.17, 15) is 14.0 Å². The zero-order valence-electron chi connectivity index (χ0n) is 21.5. The van der Waals surface area contributed by atoms with E-state index in [4.69, 9.17) is 11.6 Å². The maximum atomic E-state index is 14.3. The van der Waals surface area contributed by atoms with Crippen LogP contribution in [0.4, 0.5) is 9.52 Å². The molecule has 0 spiro atoms. The topological polar surface area (TPSA) is 75.2 Å². The third-order valence-corrected chi connectivity index (χ3v) is 8.63. The average Bonchev–Trinajstić information content (AvgIpc) is 3.57. The fraction of sp³-hybridized carbons (Fsp3) is 0.286. The van der Waals surface area contributed by atoms with E-state index < -0.39 is 11.3 Å². The number of nitrogens with zero attached hydrogens (tertiary/aromatic N) is 3. The Bertz CT molecular complexity index is 1430. The number of halogens is 2. The van der Waals surface area contributed by atoms with Gasteiger partial charge in [-0.05, 0) is 61.4 Å². The van der Waals surface area contributed by atoms with E-state index in [2.05, 4.69) is 15.5 Å². The molecule has 2 amide bonds. The molecule has 198 valence electrons. The van der Waals surface area contributed by atoms with Gasteiger partial charge in [-0.2, -0.15) is 0 Å². The van der Waals surface area contributed by atoms with Gasteiger partial charge in [-0.3, -0.25) is 9.59 Å². The highest BCUT2D eigenvalue weighted by molar-refractivity contribution is 7.15. The number of rotatable bonds is 9. The number of carbonyl (C=O) groups excluding carboxylic acids is 2. The van der Waals surface area contributed by atoms with Crippen LogP contribution in [0.15, 0.2) is 60.1 Å². The first-order chi connectivity index (χ1) is 18.1. The summed E-state index contributed by atoms with van der Waals surface area (Å²) < 4.78 is 14.3. The van der Waals surface area contributed by atoms with Gasteiger partial charge in [0, 0.05) is 28.8 Å². The van der Waals surface area contributed by atoms with Crippen molar-refractivity contribution < 1.29 is 14.0 Å². The van der Waals surface area contributed by atoms with Gasteiger partial charge in [0.2, 0.25) is 11.0 Å². The van der Waals surface area contributed by atoms with E-state index in [1.165, 1.54) is 34.8 Å². The number of nitrogens with one attached hydrogen (secondary N) is 1. The first kappa shape index (κ1) is 27.9. The molecule has 6 nitrogen and oxygen atoms in total. The Morgan fingerprint density at radius 1 is 1.11 bits per heavy atom. The van der Waals surface area contributed by atoms with E-state index in [1.807, 2.05) is 52.0 Å². The molecule has 10 heteroatoms. The van der Waals surface area contributed by atoms with Crippen molar-refractivity contribution in [1.29, 1.82) is 0 Å². The Labute approximate surface area is 234 Å². The smallest absolute Gasteiger partial charge is 0.255 e. The molecule has 2 heterocycles. The predicted molar refractivity (Wildman–Crippen MR) is 153 cm³/mol. The van der Waals surface area contributed by atoms with Crippen LogP contribution in [0.1, 0.15) is 54.4 Å². The van der Waals surface area contributed by atoms with Crippen molar-refractivity contribution in [3.63, 3.8) is 0 Å². The number of hydrogen-bond donors (Lipinski definition) is 1. The van der Waals surface area contributed by atoms with Gasteiger partial charge in [0.25, 0.3) is 5.91 Å². The third kappa shape index (κ3) is 5.80. The summed E-state index contributed by atoms with van der Waals surface area (Å²) in [6, 6.07) is 15.7. The van der Waals surface area contributed by atoms with Gasteiger partial charge >= 0.3 is 0 Å². The number of aromatic nitrogens is 2. The minimum absolute atomic E-state index is 0.104. The van der Waals surface area contributed by atoms with Crippen molar-refractivity contribution in [2.45, 2.75) is 33.6 Å². The van der Waals surface area contributed by atoms with Crippen molar-refractivity contribution in [3.8, 4) is 10.4 Å². The van der Waals surface area contributed by atoms with Gasteiger partial charge < -0.3 is 10.2 Å². The van der Waals surface area contributed by atoms with Crippen molar-refractivity contribution in [2.75, 3.05) is 18.4 Å². The van der Waals surface area contributed by atoms with Crippen LogP contribution in [-0.2, 0) is 4.79 Å². The summed E-state index contributed by atoms with van der Waals surface area (Å²) in [4.78, 5) is 29.8. The Balaban J connectivity index is 1.70. The highest BCUT2D eigenvalue weighted by Gasteiger charge is 2.40. The second-order valence-electron chi connectivity index (χ2n) is 9.28. The van der Waals surface area contributed by atoms with Gasteiger partial charge in [-0.15, -0.1) is 21.5 Å². The van der Waals surface area contributed by atoms with Crippen LogP contribution in [0.3, 0.4) is 0 Å². The normalized spacial score (nSPS) is 12.3. The summed E-state index contributed by atoms with van der Waals surface area (Å²) >= 11 is 9.29. The van der Waals surface area contributed by atoms with Gasteiger partial charge in [-0.1, -0.05) is 55.0 Å². The zero-order chi connectivity index (χ0) is 27.4. The van der Waals surface area contributed by atoms with Crippen LogP contribution < -0.4 is 5.32 Å². The van der Waals surface area contributed by atoms with E-state index in [-0.39, 0.29) is 17.6 Å². The van der Waals surface area contributed by atoms with Crippen LogP contribution in [0, 0.1) is 11.2 Å². The molecule has 2 aromatic carbocycles. The van der Waals surface area contributed by atoms with Crippen LogP contribution in [0.25, 0.3) is 10.4 Å². The van der Waals surface area contributed by atoms with Crippen molar-refractivity contribution in [3.05, 3.63) is 87.0 Å². The molecule has 0 radical (unpaired) electrons. The first-order valence-corrected chi connectivity index (χ1v) is 14.2. The molecule has 2 aromatic heterocycles. The molecule has 0 aliphatic rings. The Kier molecular flexibility index (Phi) is 8.60. The van der Waals surface area contributed by atoms with Crippen LogP contribution in [0.2, 0.25) is 5.02 Å². The van der Waals surface area contributed by atoms with Crippen molar-refractivity contribution in [2.24, 2.45) is 5.41 Å². The second-order valence-corrected chi connectivity index (χ2v) is 11.6. The lowest BCUT2D eigenvalue weighted by Crippen LogP contribution is -2.36. The molecule has 0 saturated carbocycles. The van der Waals surface area contributed by atoms with E-state index in [0.717, 1.165) is 15.3 Å². The van der Waals surface area contributed by atoms with E-state index >= 15 is 0 Å². The van der Waals surface area contributed by atoms with Gasteiger partial charge in [0.05, 0.1) is 16.0 Å². The fourth-order valence-electron chi connectivity index (χ4n) is 4.43. The van der Waals surface area contributed by atoms with Gasteiger partial charge in [0.1, 0.15) is 11.3 Å². The number of carbonyl (C=O) groups is 2. The zero-order valence-corrected chi connectivity index (χ0v) is 23.9. The Hall–Kier alpha value is -3.14. The summed E-state index contributed by atoms with van der Waals surface area (Å²) in [5, 5.41) is 11.3. The number of benzene rings is 2. The van der Waals surface area contributed by atoms with Gasteiger partial charge in [-0.25, -0.2) is 4.39 Å². The number of anilines is 1. The predicted octanol–water partition coefficient (Wildman–Crippen LogP) is 7.34. The highest BCUT2D eigenvalue weighted by atomic mass is 35.5. The SMILES string of the molecule is CCN(CC)C(=O)c1ccc(-c2ccc([C@H](c3cccc(F)c3)C(C)(C)C(=O)Nc3nncs3)s2)cc1Cl. The fourth-order valence-corrected chi connectivity index (χ4v) is 6.45. The summed E-state index contributed by atoms with van der Waals surface area (Å²) in [5.41, 5.74) is 2.59. The Morgan fingerprint density at radius 3 is 2.50 bits per heavy atom. The van der Waals surface area contributed by atoms with Crippen LogP contribution in [0.5, 0.6) is 0 Å². The lowest BCUT2D eigenvalue weighted by Gasteiger charge is -2.32. The third-order valence-electron chi connectivity index (χ3n) is 6.52. The molecular formula is C28H28ClFN4O2S2. The minimum atomic E-state index is -0.959. The second kappa shape index (κ2) is 11.7. The van der Waals surface area contributed by atoms with Crippen molar-refractivity contribution in [1.82, 2.24) is 15.1 Å². The number of hydrogen-bond acceptors (Lipinski definition) is 6. The maximum absolute atomic E-state index is 14.3. The quantitative estimate of drug-likeness (QED) is 0.228. The summed E-state index contributed by atoms with van der Waals surface area (Å²) in [6.07, 6.45) is 0. The molecule has 4 rings (SSSR count). The summed E-state index contributed by atoms with van der Waals surface area (Å²) in [5.74, 6) is -1.16. The number of thiophene rings is 1. The average molecular weight is 571 g/mol. The minimum Gasteiger partial charge on any atom is -0.339 e. The van der Waals surface area contributed by atoms with Crippen molar-refractivity contribution >= 4 is 51.2 Å². The molecule has 0 aliphatic carbocycles. The monoisotopic (exact) mass is 570 g/mol. The molecule has 1 N–H and O–H groups in total. The summed E-state index contributed by atoms with van der Waals surface area (Å²) in [6.45, 7) is 8.74. The molecule has 38 heavy (non-hydrogen) atoms. The van der Waals surface area contributed by atoms with Gasteiger partial charge in [0.15, 0.2) is 0 Å². The molecule has 0 unspecified atom stereocenters. The Morgan fingerprint density at radius 2 is 1.87 bits per heavy atom. The highest BCUT2D eigenvalue weighted by Crippen LogP contribution is 2.46. The molecule has 0 bridgehead atoms. The molecule has 1 atom stereocenters. The molecule has 0 aliphatic heterocycles. The summed E-state index contributed by atoms with van der Waals surface area (Å²) in [7, 11) is 0. The molecule has 4 aromatic rings. The molecule has 0 saturated heterocycles. The first-order valence-electron chi connectivity index (χ1n) is 12.2. The van der Waals surface area contributed by atoms with E-state index in [1.54, 1.807) is 28.6 Å². The maximum Gasteiger partial charge on any atom is 0.255 e. The lowest BCUT2D eigenvalue weighted by atomic mass is 9.73.